The summed E-state index contributed by atoms with van der Waals surface area (Å²) in [7, 11) is 1.72. The number of nitrogens with one attached hydrogen (secondary N) is 1. The number of hydrogen-bond donors (Lipinski definition) is 1. The molecule has 0 aliphatic carbocycles. The monoisotopic (exact) mass is 297 g/mol. The molecule has 0 spiro atoms. The van der Waals surface area contributed by atoms with Crippen molar-refractivity contribution in [1.29, 1.82) is 0 Å². The Labute approximate surface area is 132 Å². The van der Waals surface area contributed by atoms with E-state index < -0.39 is 0 Å². The molecule has 0 fully saturated rings. The highest BCUT2D eigenvalue weighted by Gasteiger charge is 2.23. The average molecular weight is 297 g/mol. The molecule has 1 aliphatic rings. The van der Waals surface area contributed by atoms with Gasteiger partial charge < -0.3 is 14.8 Å². The van der Waals surface area contributed by atoms with Gasteiger partial charge >= 0.3 is 0 Å². The van der Waals surface area contributed by atoms with Crippen molar-refractivity contribution in [2.45, 2.75) is 32.9 Å². The molecule has 0 saturated carbocycles. The van der Waals surface area contributed by atoms with Crippen molar-refractivity contribution in [3.63, 3.8) is 0 Å². The van der Waals surface area contributed by atoms with Crippen molar-refractivity contribution in [3.05, 3.63) is 58.7 Å². The van der Waals surface area contributed by atoms with E-state index in [1.807, 2.05) is 18.2 Å². The third-order valence-corrected chi connectivity index (χ3v) is 4.21. The quantitative estimate of drug-likeness (QED) is 0.927. The molecule has 1 unspecified atom stereocenters. The van der Waals surface area contributed by atoms with Crippen LogP contribution < -0.4 is 14.8 Å². The third kappa shape index (κ3) is 2.95. The van der Waals surface area contributed by atoms with Gasteiger partial charge in [0.1, 0.15) is 11.5 Å². The van der Waals surface area contributed by atoms with Gasteiger partial charge in [0.15, 0.2) is 0 Å². The summed E-state index contributed by atoms with van der Waals surface area (Å²) in [6, 6.07) is 12.9. The number of methoxy groups -OCH3 is 1. The fourth-order valence-electron chi connectivity index (χ4n) is 3.17. The first-order chi connectivity index (χ1) is 10.7. The highest BCUT2D eigenvalue weighted by molar-refractivity contribution is 5.46. The van der Waals surface area contributed by atoms with Crippen LogP contribution in [0.4, 0.5) is 0 Å². The molecule has 1 N–H and O–H groups in total. The number of fused-ring (bicyclic) bond motifs is 1. The van der Waals surface area contributed by atoms with E-state index in [-0.39, 0.29) is 0 Å². The molecule has 3 nitrogen and oxygen atoms in total. The highest BCUT2D eigenvalue weighted by Crippen LogP contribution is 2.36. The standard InChI is InChI=1S/C19H23NO2/c1-13-10-14(2)19-16(11-13)17(8-9-22-19)20-12-15-6-4-5-7-18(15)21-3/h4-7,10-11,17,20H,8-9,12H2,1-3H3. The summed E-state index contributed by atoms with van der Waals surface area (Å²) in [4.78, 5) is 0. The third-order valence-electron chi connectivity index (χ3n) is 4.21. The number of hydrogen-bond acceptors (Lipinski definition) is 3. The summed E-state index contributed by atoms with van der Waals surface area (Å²) < 4.78 is 11.3. The molecule has 3 rings (SSSR count). The molecule has 1 atom stereocenters. The molecular formula is C19H23NO2. The molecule has 22 heavy (non-hydrogen) atoms. The number of para-hydroxylation sites is 1. The van der Waals surface area contributed by atoms with Crippen molar-refractivity contribution in [2.24, 2.45) is 0 Å². The van der Waals surface area contributed by atoms with Crippen LogP contribution in [-0.2, 0) is 6.54 Å². The van der Waals surface area contributed by atoms with Crippen molar-refractivity contribution < 1.29 is 9.47 Å². The second-order valence-electron chi connectivity index (χ2n) is 5.88. The summed E-state index contributed by atoms with van der Waals surface area (Å²) >= 11 is 0. The molecule has 0 amide bonds. The predicted octanol–water partition coefficient (Wildman–Crippen LogP) is 3.93. The predicted molar refractivity (Wildman–Crippen MR) is 88.6 cm³/mol. The van der Waals surface area contributed by atoms with Gasteiger partial charge in [-0.1, -0.05) is 35.9 Å². The first kappa shape index (κ1) is 14.9. The average Bonchev–Trinajstić information content (AvgIpc) is 2.53. The van der Waals surface area contributed by atoms with Crippen LogP contribution in [0.5, 0.6) is 11.5 Å². The second kappa shape index (κ2) is 6.41. The van der Waals surface area contributed by atoms with E-state index >= 15 is 0 Å². The van der Waals surface area contributed by atoms with Crippen LogP contribution in [0.1, 0.15) is 34.7 Å². The Morgan fingerprint density at radius 3 is 2.86 bits per heavy atom. The Bertz CT molecular complexity index is 666. The summed E-state index contributed by atoms with van der Waals surface area (Å²) in [6.07, 6.45) is 0.991. The van der Waals surface area contributed by atoms with Gasteiger partial charge in [-0.15, -0.1) is 0 Å². The van der Waals surface area contributed by atoms with Gasteiger partial charge in [0.2, 0.25) is 0 Å². The lowest BCUT2D eigenvalue weighted by molar-refractivity contribution is 0.250. The van der Waals surface area contributed by atoms with E-state index in [0.717, 1.165) is 31.1 Å². The molecule has 2 aromatic rings. The number of ether oxygens (including phenoxy) is 2. The molecule has 1 heterocycles. The van der Waals surface area contributed by atoms with Crippen LogP contribution in [0.2, 0.25) is 0 Å². The lowest BCUT2D eigenvalue weighted by Gasteiger charge is -2.28. The molecule has 0 bridgehead atoms. The van der Waals surface area contributed by atoms with Crippen LogP contribution >= 0.6 is 0 Å². The van der Waals surface area contributed by atoms with E-state index in [0.29, 0.717) is 6.04 Å². The van der Waals surface area contributed by atoms with E-state index in [1.165, 1.54) is 22.3 Å². The van der Waals surface area contributed by atoms with Crippen LogP contribution in [0.3, 0.4) is 0 Å². The van der Waals surface area contributed by atoms with E-state index in [2.05, 4.69) is 37.4 Å². The molecule has 0 aromatic heterocycles. The summed E-state index contributed by atoms with van der Waals surface area (Å²) in [5.41, 5.74) is 4.96. The van der Waals surface area contributed by atoms with Gasteiger partial charge in [-0.25, -0.2) is 0 Å². The zero-order valence-corrected chi connectivity index (χ0v) is 13.5. The lowest BCUT2D eigenvalue weighted by Crippen LogP contribution is -2.27. The maximum Gasteiger partial charge on any atom is 0.126 e. The minimum Gasteiger partial charge on any atom is -0.496 e. The molecule has 116 valence electrons. The zero-order chi connectivity index (χ0) is 15.5. The molecular weight excluding hydrogens is 274 g/mol. The fraction of sp³-hybridized carbons (Fsp3) is 0.368. The maximum absolute atomic E-state index is 5.87. The summed E-state index contributed by atoms with van der Waals surface area (Å²) in [5.74, 6) is 1.98. The Morgan fingerprint density at radius 2 is 2.05 bits per heavy atom. The van der Waals surface area contributed by atoms with Gasteiger partial charge in [0, 0.05) is 30.1 Å². The number of rotatable bonds is 4. The van der Waals surface area contributed by atoms with Gasteiger partial charge in [0.25, 0.3) is 0 Å². The zero-order valence-electron chi connectivity index (χ0n) is 13.5. The van der Waals surface area contributed by atoms with Crippen molar-refractivity contribution >= 4 is 0 Å². The first-order valence-electron chi connectivity index (χ1n) is 7.78. The van der Waals surface area contributed by atoms with Crippen molar-refractivity contribution in [3.8, 4) is 11.5 Å². The fourth-order valence-corrected chi connectivity index (χ4v) is 3.17. The van der Waals surface area contributed by atoms with Crippen LogP contribution in [-0.4, -0.2) is 13.7 Å². The Balaban J connectivity index is 1.80. The van der Waals surface area contributed by atoms with Gasteiger partial charge in [-0.2, -0.15) is 0 Å². The topological polar surface area (TPSA) is 30.5 Å². The van der Waals surface area contributed by atoms with Gasteiger partial charge in [0.05, 0.1) is 13.7 Å². The Morgan fingerprint density at radius 1 is 1.23 bits per heavy atom. The molecule has 1 aliphatic heterocycles. The largest absolute Gasteiger partial charge is 0.496 e. The minimum atomic E-state index is 0.326. The normalized spacial score (nSPS) is 16.8. The van der Waals surface area contributed by atoms with Crippen molar-refractivity contribution in [1.82, 2.24) is 5.32 Å². The van der Waals surface area contributed by atoms with E-state index in [9.17, 15) is 0 Å². The highest BCUT2D eigenvalue weighted by atomic mass is 16.5. The van der Waals surface area contributed by atoms with Crippen LogP contribution in [0.15, 0.2) is 36.4 Å². The van der Waals surface area contributed by atoms with Gasteiger partial charge in [-0.3, -0.25) is 0 Å². The lowest BCUT2D eigenvalue weighted by atomic mass is 9.95. The molecule has 2 aromatic carbocycles. The number of aryl methyl sites for hydroxylation is 2. The summed E-state index contributed by atoms with van der Waals surface area (Å²) in [6.45, 7) is 5.81. The van der Waals surface area contributed by atoms with E-state index in [1.54, 1.807) is 7.11 Å². The molecule has 0 saturated heterocycles. The number of benzene rings is 2. The SMILES string of the molecule is COc1ccccc1CNC1CCOc2c(C)cc(C)cc21. The smallest absolute Gasteiger partial charge is 0.126 e. The van der Waals surface area contributed by atoms with Crippen LogP contribution in [0, 0.1) is 13.8 Å². The minimum absolute atomic E-state index is 0.326. The van der Waals surface area contributed by atoms with E-state index in [4.69, 9.17) is 9.47 Å². The first-order valence-corrected chi connectivity index (χ1v) is 7.78. The van der Waals surface area contributed by atoms with Gasteiger partial charge in [-0.05, 0) is 25.5 Å². The van der Waals surface area contributed by atoms with Crippen LogP contribution in [0.25, 0.3) is 0 Å². The summed E-state index contributed by atoms with van der Waals surface area (Å²) in [5, 5.41) is 3.66. The maximum atomic E-state index is 5.87. The Kier molecular flexibility index (Phi) is 4.34. The Hall–Kier alpha value is -2.00. The second-order valence-corrected chi connectivity index (χ2v) is 5.88. The van der Waals surface area contributed by atoms with Crippen molar-refractivity contribution in [2.75, 3.05) is 13.7 Å². The molecule has 3 heteroatoms. The molecule has 0 radical (unpaired) electrons.